The first-order valence-electron chi connectivity index (χ1n) is 6.53. The van der Waals surface area contributed by atoms with E-state index in [9.17, 15) is 0 Å². The van der Waals surface area contributed by atoms with Gasteiger partial charge in [-0.1, -0.05) is 19.1 Å². The highest BCUT2D eigenvalue weighted by molar-refractivity contribution is 7.15. The van der Waals surface area contributed by atoms with Crippen molar-refractivity contribution in [3.05, 3.63) is 35.5 Å². The zero-order chi connectivity index (χ0) is 13.1. The lowest BCUT2D eigenvalue weighted by atomic mass is 10.0. The molecular formula is C15H21N2P. The van der Waals surface area contributed by atoms with Gasteiger partial charge in [-0.15, -0.1) is 9.24 Å². The number of hydrogen-bond acceptors (Lipinski definition) is 2. The summed E-state index contributed by atoms with van der Waals surface area (Å²) in [6.07, 6.45) is 1.95. The van der Waals surface area contributed by atoms with Crippen molar-refractivity contribution in [1.29, 1.82) is 0 Å². The molecule has 1 atom stereocenters. The predicted octanol–water partition coefficient (Wildman–Crippen LogP) is 3.99. The Morgan fingerprint density at radius 1 is 1.33 bits per heavy atom. The Morgan fingerprint density at radius 2 is 2.11 bits per heavy atom. The van der Waals surface area contributed by atoms with Gasteiger partial charge in [-0.25, -0.2) is 0 Å². The van der Waals surface area contributed by atoms with Crippen molar-refractivity contribution < 1.29 is 0 Å². The number of nitrogens with zero attached hydrogens (tertiary/aromatic N) is 1. The largest absolute Gasteiger partial charge is 0.381 e. The maximum Gasteiger partial charge on any atom is 0.0939 e. The molecule has 18 heavy (non-hydrogen) atoms. The summed E-state index contributed by atoms with van der Waals surface area (Å²) in [4.78, 5) is 4.77. The third kappa shape index (κ3) is 2.64. The molecule has 0 saturated heterocycles. The molecule has 0 radical (unpaired) electrons. The van der Waals surface area contributed by atoms with E-state index in [0.29, 0.717) is 6.04 Å². The fourth-order valence-electron chi connectivity index (χ4n) is 2.20. The zero-order valence-corrected chi connectivity index (χ0v) is 12.5. The Bertz CT molecular complexity index is 549. The summed E-state index contributed by atoms with van der Waals surface area (Å²) in [5.41, 5.74) is 4.76. The second-order valence-electron chi connectivity index (χ2n) is 4.83. The summed E-state index contributed by atoms with van der Waals surface area (Å²) in [7, 11) is 2.75. The predicted molar refractivity (Wildman–Crippen MR) is 83.3 cm³/mol. The number of benzene rings is 1. The van der Waals surface area contributed by atoms with Gasteiger partial charge in [0.25, 0.3) is 0 Å². The summed E-state index contributed by atoms with van der Waals surface area (Å²) in [5.74, 6) is 0. The molecule has 2 aromatic rings. The van der Waals surface area contributed by atoms with Crippen molar-refractivity contribution in [2.45, 2.75) is 39.4 Å². The minimum absolute atomic E-state index is 0.419. The van der Waals surface area contributed by atoms with Gasteiger partial charge >= 0.3 is 0 Å². The molecule has 1 heterocycles. The monoisotopic (exact) mass is 260 g/mol. The van der Waals surface area contributed by atoms with Crippen LogP contribution in [0.3, 0.4) is 0 Å². The Labute approximate surface area is 111 Å². The van der Waals surface area contributed by atoms with Gasteiger partial charge in [-0.3, -0.25) is 4.98 Å². The average molecular weight is 260 g/mol. The SMILES string of the molecule is CCc1cc(CP)nc2c(NC(C)C)cccc12. The van der Waals surface area contributed by atoms with E-state index in [4.69, 9.17) is 4.98 Å². The van der Waals surface area contributed by atoms with Gasteiger partial charge in [0.1, 0.15) is 0 Å². The van der Waals surface area contributed by atoms with Crippen LogP contribution in [0.2, 0.25) is 0 Å². The van der Waals surface area contributed by atoms with Crippen molar-refractivity contribution in [2.75, 3.05) is 5.32 Å². The second-order valence-corrected chi connectivity index (χ2v) is 5.24. The first kappa shape index (κ1) is 13.3. The Kier molecular flexibility index (Phi) is 4.19. The average Bonchev–Trinajstić information content (AvgIpc) is 2.37. The van der Waals surface area contributed by atoms with Gasteiger partial charge in [0.15, 0.2) is 0 Å². The molecule has 0 aliphatic carbocycles. The molecule has 0 spiro atoms. The minimum Gasteiger partial charge on any atom is -0.381 e. The maximum absolute atomic E-state index is 4.77. The number of aryl methyl sites for hydroxylation is 1. The van der Waals surface area contributed by atoms with Crippen LogP contribution in [0, 0.1) is 0 Å². The normalized spacial score (nSPS) is 11.2. The minimum atomic E-state index is 0.419. The second kappa shape index (κ2) is 5.67. The summed E-state index contributed by atoms with van der Waals surface area (Å²) in [6.45, 7) is 6.50. The lowest BCUT2D eigenvalue weighted by molar-refractivity contribution is 0.900. The lowest BCUT2D eigenvalue weighted by Crippen LogP contribution is -2.10. The molecule has 1 unspecified atom stereocenters. The number of pyridine rings is 1. The van der Waals surface area contributed by atoms with Gasteiger partial charge in [0, 0.05) is 23.3 Å². The fourth-order valence-corrected chi connectivity index (χ4v) is 2.41. The van der Waals surface area contributed by atoms with Crippen LogP contribution in [0.1, 0.15) is 32.0 Å². The highest BCUT2D eigenvalue weighted by atomic mass is 31.0. The summed E-state index contributed by atoms with van der Waals surface area (Å²) < 4.78 is 0. The van der Waals surface area contributed by atoms with Crippen molar-refractivity contribution in [3.63, 3.8) is 0 Å². The van der Waals surface area contributed by atoms with Crippen LogP contribution in [-0.2, 0) is 12.6 Å². The van der Waals surface area contributed by atoms with Crippen molar-refractivity contribution in [2.24, 2.45) is 0 Å². The molecule has 1 aromatic carbocycles. The smallest absolute Gasteiger partial charge is 0.0939 e. The molecule has 2 nitrogen and oxygen atoms in total. The molecule has 0 amide bonds. The number of hydrogen-bond donors (Lipinski definition) is 1. The zero-order valence-electron chi connectivity index (χ0n) is 11.3. The van der Waals surface area contributed by atoms with Crippen molar-refractivity contribution >= 4 is 25.8 Å². The van der Waals surface area contributed by atoms with E-state index < -0.39 is 0 Å². The molecular weight excluding hydrogens is 239 g/mol. The van der Waals surface area contributed by atoms with Gasteiger partial charge < -0.3 is 5.32 Å². The van der Waals surface area contributed by atoms with Crippen LogP contribution in [0.4, 0.5) is 5.69 Å². The van der Waals surface area contributed by atoms with E-state index in [0.717, 1.165) is 29.5 Å². The Balaban J connectivity index is 2.66. The van der Waals surface area contributed by atoms with E-state index in [1.54, 1.807) is 0 Å². The van der Waals surface area contributed by atoms with Crippen LogP contribution >= 0.6 is 9.24 Å². The van der Waals surface area contributed by atoms with E-state index >= 15 is 0 Å². The number of para-hydroxylation sites is 1. The number of fused-ring (bicyclic) bond motifs is 1. The van der Waals surface area contributed by atoms with Gasteiger partial charge in [-0.05, 0) is 38.0 Å². The maximum atomic E-state index is 4.77. The van der Waals surface area contributed by atoms with E-state index in [-0.39, 0.29) is 0 Å². The molecule has 1 N–H and O–H groups in total. The van der Waals surface area contributed by atoms with E-state index in [1.807, 2.05) is 0 Å². The molecule has 0 aliphatic heterocycles. The van der Waals surface area contributed by atoms with Crippen LogP contribution < -0.4 is 5.32 Å². The van der Waals surface area contributed by atoms with Crippen LogP contribution in [0.5, 0.6) is 0 Å². The number of anilines is 1. The van der Waals surface area contributed by atoms with E-state index in [2.05, 4.69) is 59.6 Å². The molecule has 0 saturated carbocycles. The summed E-state index contributed by atoms with van der Waals surface area (Å²) in [6, 6.07) is 9.02. The van der Waals surface area contributed by atoms with Crippen molar-refractivity contribution in [1.82, 2.24) is 4.98 Å². The highest BCUT2D eigenvalue weighted by Crippen LogP contribution is 2.26. The van der Waals surface area contributed by atoms with Crippen molar-refractivity contribution in [3.8, 4) is 0 Å². The first-order valence-corrected chi connectivity index (χ1v) is 7.35. The van der Waals surface area contributed by atoms with Crippen LogP contribution in [-0.4, -0.2) is 11.0 Å². The fraction of sp³-hybridized carbons (Fsp3) is 0.400. The van der Waals surface area contributed by atoms with Crippen LogP contribution in [0.15, 0.2) is 24.3 Å². The third-order valence-corrected chi connectivity index (χ3v) is 3.43. The standard InChI is InChI=1S/C15H21N2P/c1-4-11-8-12(9-18)17-15-13(11)6-5-7-14(15)16-10(2)3/h5-8,10,16H,4,9,18H2,1-3H3. The Morgan fingerprint density at radius 3 is 2.72 bits per heavy atom. The van der Waals surface area contributed by atoms with E-state index in [1.165, 1.54) is 10.9 Å². The highest BCUT2D eigenvalue weighted by Gasteiger charge is 2.08. The quantitative estimate of drug-likeness (QED) is 0.841. The van der Waals surface area contributed by atoms with Gasteiger partial charge in [-0.2, -0.15) is 0 Å². The van der Waals surface area contributed by atoms with Crippen LogP contribution in [0.25, 0.3) is 10.9 Å². The molecule has 0 fully saturated rings. The first-order chi connectivity index (χ1) is 8.65. The molecule has 96 valence electrons. The third-order valence-electron chi connectivity index (χ3n) is 3.01. The molecule has 1 aromatic heterocycles. The van der Waals surface area contributed by atoms with Gasteiger partial charge in [0.2, 0.25) is 0 Å². The molecule has 2 rings (SSSR count). The lowest BCUT2D eigenvalue weighted by Gasteiger charge is -2.14. The Hall–Kier alpha value is -1.14. The topological polar surface area (TPSA) is 24.9 Å². The molecule has 0 aliphatic rings. The van der Waals surface area contributed by atoms with Gasteiger partial charge in [0.05, 0.1) is 11.2 Å². The molecule has 0 bridgehead atoms. The number of rotatable bonds is 4. The summed E-state index contributed by atoms with van der Waals surface area (Å²) >= 11 is 0. The number of aromatic nitrogens is 1. The summed E-state index contributed by atoms with van der Waals surface area (Å²) in [5, 5.41) is 4.75. The number of nitrogens with one attached hydrogen (secondary N) is 1. The molecule has 3 heteroatoms.